The molecule has 1 atom stereocenters. The molecule has 1 saturated heterocycles. The molecule has 30 heavy (non-hydrogen) atoms. The van der Waals surface area contributed by atoms with Crippen LogP contribution in [-0.4, -0.2) is 43.9 Å². The number of nitrogens with zero attached hydrogens (tertiary/aromatic N) is 2. The molecule has 164 valence electrons. The zero-order valence-electron chi connectivity index (χ0n) is 18.3. The fourth-order valence-corrected chi connectivity index (χ4v) is 4.68. The lowest BCUT2D eigenvalue weighted by atomic mass is 9.97. The summed E-state index contributed by atoms with van der Waals surface area (Å²) in [6.07, 6.45) is 3.25. The van der Waals surface area contributed by atoms with Crippen molar-refractivity contribution in [3.63, 3.8) is 0 Å². The zero-order chi connectivity index (χ0) is 21.2. The first-order chi connectivity index (χ1) is 14.7. The van der Waals surface area contributed by atoms with Crippen molar-refractivity contribution >= 4 is 23.0 Å². The molecular weight excluding hydrogens is 392 g/mol. The van der Waals surface area contributed by atoms with Gasteiger partial charge in [-0.1, -0.05) is 25.1 Å². The van der Waals surface area contributed by atoms with Crippen molar-refractivity contribution in [3.8, 4) is 0 Å². The maximum Gasteiger partial charge on any atom is 0.191 e. The van der Waals surface area contributed by atoms with E-state index in [0.717, 1.165) is 51.4 Å². The summed E-state index contributed by atoms with van der Waals surface area (Å²) in [6.45, 7) is 9.18. The summed E-state index contributed by atoms with van der Waals surface area (Å²) in [6, 6.07) is 13.1. The normalized spacial score (nSPS) is 16.5. The van der Waals surface area contributed by atoms with Crippen molar-refractivity contribution in [2.75, 3.05) is 37.7 Å². The maximum atomic E-state index is 9.31. The lowest BCUT2D eigenvalue weighted by Gasteiger charge is -2.32. The van der Waals surface area contributed by atoms with E-state index in [1.165, 1.54) is 16.1 Å². The Bertz CT molecular complexity index is 752. The number of hydrogen-bond acceptors (Lipinski definition) is 4. The molecule has 1 unspecified atom stereocenters. The Kier molecular flexibility index (Phi) is 9.02. The van der Waals surface area contributed by atoms with E-state index in [1.54, 1.807) is 0 Å². The summed E-state index contributed by atoms with van der Waals surface area (Å²) in [5, 5.41) is 18.3. The maximum absolute atomic E-state index is 9.31. The van der Waals surface area contributed by atoms with Gasteiger partial charge in [0.15, 0.2) is 5.96 Å². The average molecular weight is 429 g/mol. The smallest absolute Gasteiger partial charge is 0.191 e. The molecule has 0 spiro atoms. The van der Waals surface area contributed by atoms with Crippen LogP contribution in [0.5, 0.6) is 0 Å². The van der Waals surface area contributed by atoms with Gasteiger partial charge in [-0.25, -0.2) is 4.99 Å². The zero-order valence-corrected chi connectivity index (χ0v) is 19.1. The molecule has 0 saturated carbocycles. The van der Waals surface area contributed by atoms with E-state index in [-0.39, 0.29) is 0 Å². The molecule has 1 aliphatic heterocycles. The minimum Gasteiger partial charge on any atom is -0.396 e. The van der Waals surface area contributed by atoms with E-state index in [0.29, 0.717) is 25.0 Å². The highest BCUT2D eigenvalue weighted by Crippen LogP contribution is 2.23. The summed E-state index contributed by atoms with van der Waals surface area (Å²) in [5.74, 6) is 1.91. The summed E-state index contributed by atoms with van der Waals surface area (Å²) in [5.41, 5.74) is 2.49. The van der Waals surface area contributed by atoms with Crippen LogP contribution >= 0.6 is 11.3 Å². The Morgan fingerprint density at radius 2 is 1.97 bits per heavy atom. The third-order valence-electron chi connectivity index (χ3n) is 5.69. The summed E-state index contributed by atoms with van der Waals surface area (Å²) < 4.78 is 0. The summed E-state index contributed by atoms with van der Waals surface area (Å²) >= 11 is 1.83. The number of guanidine groups is 1. The van der Waals surface area contributed by atoms with Gasteiger partial charge in [-0.15, -0.1) is 11.3 Å². The highest BCUT2D eigenvalue weighted by molar-refractivity contribution is 7.09. The van der Waals surface area contributed by atoms with E-state index in [9.17, 15) is 5.11 Å². The van der Waals surface area contributed by atoms with Gasteiger partial charge in [0.2, 0.25) is 0 Å². The second-order valence-electron chi connectivity index (χ2n) is 8.24. The number of rotatable bonds is 9. The molecule has 1 aromatic carbocycles. The van der Waals surface area contributed by atoms with Crippen LogP contribution in [0.4, 0.5) is 5.69 Å². The molecule has 3 N–H and O–H groups in total. The van der Waals surface area contributed by atoms with Crippen LogP contribution in [0, 0.1) is 11.8 Å². The predicted molar refractivity (Wildman–Crippen MR) is 128 cm³/mol. The molecule has 0 radical (unpaired) electrons. The monoisotopic (exact) mass is 428 g/mol. The fourth-order valence-electron chi connectivity index (χ4n) is 3.81. The standard InChI is InChI=1S/C24H36N4OS/c1-3-25-24(26-16-19(2)15-23-5-4-14-30-23)27-17-20-6-8-22(9-7-20)28-12-10-21(18-29)11-13-28/h4-9,14,19,21,29H,3,10-13,15-18H2,1-2H3,(H2,25,26,27). The van der Waals surface area contributed by atoms with Crippen LogP contribution in [0.2, 0.25) is 0 Å². The average Bonchev–Trinajstić information content (AvgIpc) is 3.29. The fraction of sp³-hybridized carbons (Fsp3) is 0.542. The third kappa shape index (κ3) is 7.03. The van der Waals surface area contributed by atoms with Crippen LogP contribution in [0.15, 0.2) is 46.8 Å². The van der Waals surface area contributed by atoms with E-state index < -0.39 is 0 Å². The van der Waals surface area contributed by atoms with E-state index in [4.69, 9.17) is 4.99 Å². The molecule has 3 rings (SSSR count). The van der Waals surface area contributed by atoms with Crippen molar-refractivity contribution in [3.05, 3.63) is 52.2 Å². The Hall–Kier alpha value is -2.05. The van der Waals surface area contributed by atoms with Gasteiger partial charge < -0.3 is 20.6 Å². The molecule has 1 fully saturated rings. The number of benzene rings is 1. The first-order valence-corrected chi connectivity index (χ1v) is 12.0. The van der Waals surface area contributed by atoms with Crippen molar-refractivity contribution in [1.29, 1.82) is 0 Å². The molecule has 0 bridgehead atoms. The number of nitrogens with one attached hydrogen (secondary N) is 2. The predicted octanol–water partition coefficient (Wildman–Crippen LogP) is 3.89. The Labute approximate surface area is 185 Å². The van der Waals surface area contributed by atoms with Crippen molar-refractivity contribution < 1.29 is 5.11 Å². The second-order valence-corrected chi connectivity index (χ2v) is 9.28. The lowest BCUT2D eigenvalue weighted by molar-refractivity contribution is 0.203. The minimum atomic E-state index is 0.319. The Balaban J connectivity index is 1.49. The first-order valence-electron chi connectivity index (χ1n) is 11.2. The van der Waals surface area contributed by atoms with E-state index in [2.05, 4.69) is 71.2 Å². The molecule has 1 aromatic heterocycles. The quantitative estimate of drug-likeness (QED) is 0.419. The highest BCUT2D eigenvalue weighted by atomic mass is 32.1. The van der Waals surface area contributed by atoms with Gasteiger partial charge in [0.1, 0.15) is 0 Å². The third-order valence-corrected chi connectivity index (χ3v) is 6.58. The molecular formula is C24H36N4OS. The van der Waals surface area contributed by atoms with Crippen molar-refractivity contribution in [1.82, 2.24) is 10.6 Å². The molecule has 1 aliphatic rings. The minimum absolute atomic E-state index is 0.319. The highest BCUT2D eigenvalue weighted by Gasteiger charge is 2.18. The number of anilines is 1. The number of aliphatic hydroxyl groups is 1. The molecule has 5 nitrogen and oxygen atoms in total. The molecule has 0 aliphatic carbocycles. The van der Waals surface area contributed by atoms with Gasteiger partial charge in [-0.05, 0) is 67.2 Å². The van der Waals surface area contributed by atoms with Crippen LogP contribution in [0.25, 0.3) is 0 Å². The molecule has 6 heteroatoms. The number of piperidine rings is 1. The van der Waals surface area contributed by atoms with Gasteiger partial charge in [-0.3, -0.25) is 0 Å². The summed E-state index contributed by atoms with van der Waals surface area (Å²) in [4.78, 5) is 8.62. The SMILES string of the molecule is CCNC(=NCc1ccc(N2CCC(CO)CC2)cc1)NCC(C)Cc1cccs1. The second kappa shape index (κ2) is 12.0. The number of thiophene rings is 1. The van der Waals surface area contributed by atoms with E-state index in [1.807, 2.05) is 11.3 Å². The Morgan fingerprint density at radius 1 is 1.20 bits per heavy atom. The van der Waals surface area contributed by atoms with Crippen LogP contribution < -0.4 is 15.5 Å². The number of hydrogen-bond donors (Lipinski definition) is 3. The van der Waals surface area contributed by atoms with Crippen LogP contribution in [-0.2, 0) is 13.0 Å². The first kappa shape index (κ1) is 22.6. The van der Waals surface area contributed by atoms with Gasteiger partial charge in [0, 0.05) is 43.4 Å². The molecule has 0 amide bonds. The molecule has 2 heterocycles. The van der Waals surface area contributed by atoms with E-state index >= 15 is 0 Å². The van der Waals surface area contributed by atoms with Gasteiger partial charge in [0.25, 0.3) is 0 Å². The van der Waals surface area contributed by atoms with Crippen LogP contribution in [0.1, 0.15) is 37.1 Å². The van der Waals surface area contributed by atoms with Crippen molar-refractivity contribution in [2.24, 2.45) is 16.8 Å². The van der Waals surface area contributed by atoms with Crippen LogP contribution in [0.3, 0.4) is 0 Å². The van der Waals surface area contributed by atoms with Crippen molar-refractivity contribution in [2.45, 2.75) is 39.7 Å². The molecule has 2 aromatic rings. The lowest BCUT2D eigenvalue weighted by Crippen LogP contribution is -2.39. The van der Waals surface area contributed by atoms with Gasteiger partial charge >= 0.3 is 0 Å². The van der Waals surface area contributed by atoms with Gasteiger partial charge in [0.05, 0.1) is 6.54 Å². The topological polar surface area (TPSA) is 59.9 Å². The largest absolute Gasteiger partial charge is 0.396 e. The number of aliphatic imine (C=N–C) groups is 1. The van der Waals surface area contributed by atoms with Gasteiger partial charge in [-0.2, -0.15) is 0 Å². The summed E-state index contributed by atoms with van der Waals surface area (Å²) in [7, 11) is 0. The number of aliphatic hydroxyl groups excluding tert-OH is 1. The Morgan fingerprint density at radius 3 is 2.60 bits per heavy atom.